The SMILES string of the molecule is O=C(O)c1ccc2nccn2c1Cl. The number of fused-ring (bicyclic) bond motifs is 1. The highest BCUT2D eigenvalue weighted by Gasteiger charge is 2.11. The summed E-state index contributed by atoms with van der Waals surface area (Å²) in [6, 6.07) is 3.04. The predicted molar refractivity (Wildman–Crippen MR) is 47.2 cm³/mol. The number of aromatic carboxylic acids is 1. The molecule has 1 N–H and O–H groups in total. The number of aromatic nitrogens is 2. The lowest BCUT2D eigenvalue weighted by molar-refractivity contribution is 0.0696. The number of rotatable bonds is 1. The number of hydrogen-bond donors (Lipinski definition) is 1. The molecule has 0 spiro atoms. The second kappa shape index (κ2) is 2.74. The molecule has 2 aromatic rings. The smallest absolute Gasteiger partial charge is 0.338 e. The van der Waals surface area contributed by atoms with Gasteiger partial charge in [-0.05, 0) is 12.1 Å². The first kappa shape index (κ1) is 8.07. The standard InChI is InChI=1S/C8H5ClN2O2/c9-7-5(8(12)13)1-2-6-10-3-4-11(6)7/h1-4H,(H,12,13). The van der Waals surface area contributed by atoms with Gasteiger partial charge in [0.05, 0.1) is 5.56 Å². The molecule has 0 radical (unpaired) electrons. The number of nitrogens with zero attached hydrogens (tertiary/aromatic N) is 2. The summed E-state index contributed by atoms with van der Waals surface area (Å²) in [5.74, 6) is -1.04. The molecule has 0 aliphatic carbocycles. The minimum atomic E-state index is -1.04. The maximum absolute atomic E-state index is 10.7. The van der Waals surface area contributed by atoms with Gasteiger partial charge in [0.1, 0.15) is 10.8 Å². The zero-order valence-electron chi connectivity index (χ0n) is 6.44. The summed E-state index contributed by atoms with van der Waals surface area (Å²) < 4.78 is 1.52. The normalized spacial score (nSPS) is 10.5. The van der Waals surface area contributed by atoms with Gasteiger partial charge in [0.2, 0.25) is 0 Å². The molecule has 2 rings (SSSR count). The molecule has 0 saturated carbocycles. The van der Waals surface area contributed by atoms with Gasteiger partial charge in [0, 0.05) is 12.4 Å². The maximum atomic E-state index is 10.7. The fraction of sp³-hybridized carbons (Fsp3) is 0. The van der Waals surface area contributed by atoms with Crippen LogP contribution in [0.4, 0.5) is 0 Å². The Hall–Kier alpha value is -1.55. The van der Waals surface area contributed by atoms with Crippen LogP contribution in [-0.2, 0) is 0 Å². The molecule has 0 aromatic carbocycles. The highest BCUT2D eigenvalue weighted by Crippen LogP contribution is 2.17. The van der Waals surface area contributed by atoms with Crippen LogP contribution in [0.5, 0.6) is 0 Å². The lowest BCUT2D eigenvalue weighted by Gasteiger charge is -2.00. The minimum Gasteiger partial charge on any atom is -0.478 e. The van der Waals surface area contributed by atoms with Crippen molar-refractivity contribution in [1.29, 1.82) is 0 Å². The number of carbonyl (C=O) groups is 1. The van der Waals surface area contributed by atoms with E-state index in [1.807, 2.05) is 0 Å². The molecule has 0 aliphatic heterocycles. The van der Waals surface area contributed by atoms with Crippen LogP contribution in [-0.4, -0.2) is 20.5 Å². The van der Waals surface area contributed by atoms with Crippen LogP contribution in [0, 0.1) is 0 Å². The van der Waals surface area contributed by atoms with Crippen LogP contribution in [0.15, 0.2) is 24.5 Å². The summed E-state index contributed by atoms with van der Waals surface area (Å²) in [7, 11) is 0. The molecular weight excluding hydrogens is 192 g/mol. The Labute approximate surface area is 78.4 Å². The van der Waals surface area contributed by atoms with Crippen LogP contribution >= 0.6 is 11.6 Å². The van der Waals surface area contributed by atoms with E-state index in [1.165, 1.54) is 10.5 Å². The van der Waals surface area contributed by atoms with E-state index in [2.05, 4.69) is 4.98 Å². The topological polar surface area (TPSA) is 54.6 Å². The summed E-state index contributed by atoms with van der Waals surface area (Å²) in [6.45, 7) is 0. The van der Waals surface area contributed by atoms with Crippen molar-refractivity contribution in [2.24, 2.45) is 0 Å². The van der Waals surface area contributed by atoms with Crippen LogP contribution in [0.25, 0.3) is 5.65 Å². The van der Waals surface area contributed by atoms with Gasteiger partial charge in [-0.3, -0.25) is 4.40 Å². The average molecular weight is 197 g/mol. The molecule has 2 heterocycles. The summed E-state index contributed by atoms with van der Waals surface area (Å²) in [5, 5.41) is 8.91. The van der Waals surface area contributed by atoms with E-state index >= 15 is 0 Å². The van der Waals surface area contributed by atoms with Crippen LogP contribution in [0.3, 0.4) is 0 Å². The number of halogens is 1. The van der Waals surface area contributed by atoms with Crippen LogP contribution in [0.2, 0.25) is 5.15 Å². The average Bonchev–Trinajstić information content (AvgIpc) is 2.52. The Morgan fingerprint density at radius 1 is 1.54 bits per heavy atom. The van der Waals surface area contributed by atoms with Gasteiger partial charge >= 0.3 is 5.97 Å². The Kier molecular flexibility index (Phi) is 1.70. The van der Waals surface area contributed by atoms with Gasteiger partial charge in [-0.15, -0.1) is 0 Å². The summed E-state index contributed by atoms with van der Waals surface area (Å²) in [6.07, 6.45) is 3.18. The van der Waals surface area contributed by atoms with Gasteiger partial charge in [-0.1, -0.05) is 11.6 Å². The predicted octanol–water partition coefficient (Wildman–Crippen LogP) is 1.69. The highest BCUT2D eigenvalue weighted by molar-refractivity contribution is 6.32. The van der Waals surface area contributed by atoms with Gasteiger partial charge in [0.15, 0.2) is 0 Å². The largest absolute Gasteiger partial charge is 0.478 e. The molecule has 0 saturated heterocycles. The Balaban J connectivity index is 2.80. The van der Waals surface area contributed by atoms with Crippen molar-refractivity contribution < 1.29 is 9.90 Å². The molecule has 4 nitrogen and oxygen atoms in total. The number of hydrogen-bond acceptors (Lipinski definition) is 2. The van der Waals surface area contributed by atoms with Gasteiger partial charge in [0.25, 0.3) is 0 Å². The van der Waals surface area contributed by atoms with E-state index in [4.69, 9.17) is 16.7 Å². The molecule has 0 bridgehead atoms. The van der Waals surface area contributed by atoms with Crippen molar-refractivity contribution in [2.45, 2.75) is 0 Å². The molecular formula is C8H5ClN2O2. The van der Waals surface area contributed by atoms with Crippen molar-refractivity contribution in [3.63, 3.8) is 0 Å². The number of carboxylic acid groups (broad SMARTS) is 1. The molecule has 0 unspecified atom stereocenters. The van der Waals surface area contributed by atoms with Crippen molar-refractivity contribution >= 4 is 23.2 Å². The first-order valence-electron chi connectivity index (χ1n) is 3.55. The van der Waals surface area contributed by atoms with Crippen molar-refractivity contribution in [3.8, 4) is 0 Å². The quantitative estimate of drug-likeness (QED) is 0.707. The molecule has 0 aliphatic rings. The molecule has 5 heteroatoms. The molecule has 66 valence electrons. The zero-order valence-corrected chi connectivity index (χ0v) is 7.19. The first-order chi connectivity index (χ1) is 6.20. The van der Waals surface area contributed by atoms with Crippen LogP contribution in [0.1, 0.15) is 10.4 Å². The van der Waals surface area contributed by atoms with E-state index in [0.717, 1.165) is 0 Å². The summed E-state index contributed by atoms with van der Waals surface area (Å²) in [4.78, 5) is 14.6. The third kappa shape index (κ3) is 1.15. The van der Waals surface area contributed by atoms with E-state index in [0.29, 0.717) is 5.65 Å². The van der Waals surface area contributed by atoms with Crippen molar-refractivity contribution in [3.05, 3.63) is 35.2 Å². The second-order valence-electron chi connectivity index (χ2n) is 2.50. The van der Waals surface area contributed by atoms with E-state index < -0.39 is 5.97 Å². The zero-order chi connectivity index (χ0) is 9.42. The highest BCUT2D eigenvalue weighted by atomic mass is 35.5. The van der Waals surface area contributed by atoms with Gasteiger partial charge in [-0.25, -0.2) is 9.78 Å². The lowest BCUT2D eigenvalue weighted by Crippen LogP contribution is -2.00. The van der Waals surface area contributed by atoms with Gasteiger partial charge in [-0.2, -0.15) is 0 Å². The molecule has 2 aromatic heterocycles. The summed E-state index contributed by atoms with van der Waals surface area (Å²) >= 11 is 5.82. The number of pyridine rings is 1. The fourth-order valence-corrected chi connectivity index (χ4v) is 1.41. The lowest BCUT2D eigenvalue weighted by atomic mass is 10.3. The van der Waals surface area contributed by atoms with E-state index in [-0.39, 0.29) is 10.7 Å². The third-order valence-electron chi connectivity index (χ3n) is 1.73. The van der Waals surface area contributed by atoms with Gasteiger partial charge < -0.3 is 5.11 Å². The van der Waals surface area contributed by atoms with Crippen molar-refractivity contribution in [1.82, 2.24) is 9.38 Å². The van der Waals surface area contributed by atoms with Crippen molar-refractivity contribution in [2.75, 3.05) is 0 Å². The maximum Gasteiger partial charge on any atom is 0.338 e. The Morgan fingerprint density at radius 3 is 3.00 bits per heavy atom. The monoisotopic (exact) mass is 196 g/mol. The van der Waals surface area contributed by atoms with Crippen LogP contribution < -0.4 is 0 Å². The fourth-order valence-electron chi connectivity index (χ4n) is 1.12. The molecule has 0 fully saturated rings. The minimum absolute atomic E-state index is 0.0761. The van der Waals surface area contributed by atoms with E-state index in [1.54, 1.807) is 18.5 Å². The summed E-state index contributed by atoms with van der Waals surface area (Å²) in [5.41, 5.74) is 0.710. The Morgan fingerprint density at radius 2 is 2.31 bits per heavy atom. The Bertz CT molecular complexity index is 478. The third-order valence-corrected chi connectivity index (χ3v) is 2.12. The molecule has 0 atom stereocenters. The second-order valence-corrected chi connectivity index (χ2v) is 2.86. The molecule has 0 amide bonds. The van der Waals surface area contributed by atoms with E-state index in [9.17, 15) is 4.79 Å². The number of carboxylic acids is 1. The first-order valence-corrected chi connectivity index (χ1v) is 3.93. The molecule has 13 heavy (non-hydrogen) atoms. The number of imidazole rings is 1.